The van der Waals surface area contributed by atoms with Crippen molar-refractivity contribution in [3.8, 4) is 0 Å². The molecule has 0 atom stereocenters. The van der Waals surface area contributed by atoms with E-state index in [1.54, 1.807) is 47.4 Å². The molecule has 0 unspecified atom stereocenters. The van der Waals surface area contributed by atoms with Gasteiger partial charge in [0.05, 0.1) is 28.2 Å². The largest absolute Gasteiger partial charge is 0.339 e. The molecule has 0 spiro atoms. The van der Waals surface area contributed by atoms with Gasteiger partial charge in [-0.3, -0.25) is 13.9 Å². The normalized spacial score (nSPS) is 11.0. The third-order valence-corrected chi connectivity index (χ3v) is 5.74. The van der Waals surface area contributed by atoms with Crippen molar-refractivity contribution in [2.24, 2.45) is 0 Å². The van der Waals surface area contributed by atoms with E-state index >= 15 is 0 Å². The number of amides is 2. The summed E-state index contributed by atoms with van der Waals surface area (Å²) in [6.45, 7) is 4.33. The molecule has 2 aromatic rings. The summed E-state index contributed by atoms with van der Waals surface area (Å²) < 4.78 is 25.4. The molecule has 9 heteroatoms. The van der Waals surface area contributed by atoms with Gasteiger partial charge in [-0.1, -0.05) is 35.9 Å². The van der Waals surface area contributed by atoms with Gasteiger partial charge in [0.1, 0.15) is 6.54 Å². The fourth-order valence-corrected chi connectivity index (χ4v) is 3.97. The van der Waals surface area contributed by atoms with Crippen LogP contribution >= 0.6 is 11.6 Å². The maximum absolute atomic E-state index is 12.7. The molecule has 0 saturated carbocycles. The van der Waals surface area contributed by atoms with Crippen LogP contribution in [-0.4, -0.2) is 51.0 Å². The average Bonchev–Trinajstić information content (AvgIpc) is 2.67. The van der Waals surface area contributed by atoms with Crippen LogP contribution < -0.4 is 9.62 Å². The van der Waals surface area contributed by atoms with E-state index in [-0.39, 0.29) is 16.6 Å². The highest BCUT2D eigenvalue weighted by Gasteiger charge is 2.24. The van der Waals surface area contributed by atoms with Gasteiger partial charge in [0, 0.05) is 13.1 Å². The Balaban J connectivity index is 2.28. The van der Waals surface area contributed by atoms with Gasteiger partial charge in [0.25, 0.3) is 5.91 Å². The van der Waals surface area contributed by atoms with Gasteiger partial charge in [-0.25, -0.2) is 8.42 Å². The summed E-state index contributed by atoms with van der Waals surface area (Å²) in [5.41, 5.74) is 0.870. The molecule has 1 N–H and O–H groups in total. The number of nitrogens with one attached hydrogen (secondary N) is 1. The smallest absolute Gasteiger partial charge is 0.255 e. The highest BCUT2D eigenvalue weighted by Crippen LogP contribution is 2.27. The Morgan fingerprint density at radius 2 is 1.59 bits per heavy atom. The van der Waals surface area contributed by atoms with E-state index in [0.29, 0.717) is 24.3 Å². The maximum atomic E-state index is 12.7. The van der Waals surface area contributed by atoms with Crippen molar-refractivity contribution >= 4 is 44.8 Å². The molecule has 0 aliphatic rings. The number of carbonyl (C=O) groups is 2. The lowest BCUT2D eigenvalue weighted by Crippen LogP contribution is -2.38. The van der Waals surface area contributed by atoms with Crippen LogP contribution in [0.1, 0.15) is 24.2 Å². The first-order chi connectivity index (χ1) is 13.7. The zero-order valence-electron chi connectivity index (χ0n) is 16.6. The fraction of sp³-hybridized carbons (Fsp3) is 0.300. The fourth-order valence-electron chi connectivity index (χ4n) is 2.82. The molecule has 2 amide bonds. The highest BCUT2D eigenvalue weighted by molar-refractivity contribution is 7.92. The zero-order chi connectivity index (χ0) is 21.6. The van der Waals surface area contributed by atoms with Gasteiger partial charge in [0.15, 0.2) is 0 Å². The number of anilines is 2. The summed E-state index contributed by atoms with van der Waals surface area (Å²) in [7, 11) is -3.76. The van der Waals surface area contributed by atoms with Crippen LogP contribution in [-0.2, 0) is 14.8 Å². The van der Waals surface area contributed by atoms with Crippen molar-refractivity contribution in [3.63, 3.8) is 0 Å². The Hall–Kier alpha value is -2.58. The number of sulfonamides is 1. The summed E-state index contributed by atoms with van der Waals surface area (Å²) in [5.74, 6) is -0.799. The summed E-state index contributed by atoms with van der Waals surface area (Å²) in [6, 6.07) is 13.0. The van der Waals surface area contributed by atoms with Crippen LogP contribution in [0.2, 0.25) is 5.02 Å². The third kappa shape index (κ3) is 5.71. The molecule has 0 aromatic heterocycles. The lowest BCUT2D eigenvalue weighted by Gasteiger charge is -2.24. The Kier molecular flexibility index (Phi) is 7.64. The number of rotatable bonds is 8. The topological polar surface area (TPSA) is 86.8 Å². The van der Waals surface area contributed by atoms with E-state index in [2.05, 4.69) is 5.32 Å². The number of benzene rings is 2. The second-order valence-electron chi connectivity index (χ2n) is 6.29. The SMILES string of the molecule is CCN(CC)C(=O)c1ccccc1NC(=O)CN(c1ccccc1Cl)S(C)(=O)=O. The minimum absolute atomic E-state index is 0.208. The number of hydrogen-bond donors (Lipinski definition) is 1. The van der Waals surface area contributed by atoms with Crippen LogP contribution in [0.3, 0.4) is 0 Å². The molecule has 2 aromatic carbocycles. The highest BCUT2D eigenvalue weighted by atomic mass is 35.5. The van der Waals surface area contributed by atoms with E-state index in [9.17, 15) is 18.0 Å². The number of halogens is 1. The van der Waals surface area contributed by atoms with Crippen molar-refractivity contribution in [1.82, 2.24) is 4.90 Å². The second kappa shape index (κ2) is 9.76. The van der Waals surface area contributed by atoms with Crippen LogP contribution in [0, 0.1) is 0 Å². The first-order valence-corrected chi connectivity index (χ1v) is 11.3. The molecule has 29 heavy (non-hydrogen) atoms. The molecule has 0 radical (unpaired) electrons. The minimum Gasteiger partial charge on any atom is -0.339 e. The van der Waals surface area contributed by atoms with E-state index in [1.807, 2.05) is 13.8 Å². The Morgan fingerprint density at radius 3 is 2.17 bits per heavy atom. The molecule has 0 aliphatic carbocycles. The van der Waals surface area contributed by atoms with Gasteiger partial charge in [-0.2, -0.15) is 0 Å². The first kappa shape index (κ1) is 22.7. The molecule has 0 bridgehead atoms. The number of carbonyl (C=O) groups excluding carboxylic acids is 2. The number of hydrogen-bond acceptors (Lipinski definition) is 4. The van der Waals surface area contributed by atoms with Gasteiger partial charge in [0.2, 0.25) is 15.9 Å². The maximum Gasteiger partial charge on any atom is 0.255 e. The first-order valence-electron chi connectivity index (χ1n) is 9.09. The van der Waals surface area contributed by atoms with E-state index in [0.717, 1.165) is 10.6 Å². The minimum atomic E-state index is -3.76. The molecule has 0 heterocycles. The number of para-hydroxylation sites is 2. The van der Waals surface area contributed by atoms with Crippen molar-refractivity contribution in [2.75, 3.05) is 35.5 Å². The van der Waals surface area contributed by atoms with Crippen molar-refractivity contribution in [3.05, 3.63) is 59.1 Å². The molecular weight excluding hydrogens is 414 g/mol. The van der Waals surface area contributed by atoms with Gasteiger partial charge in [-0.15, -0.1) is 0 Å². The Labute approximate surface area is 176 Å². The van der Waals surface area contributed by atoms with Gasteiger partial charge >= 0.3 is 0 Å². The van der Waals surface area contributed by atoms with Crippen LogP contribution in [0.25, 0.3) is 0 Å². The van der Waals surface area contributed by atoms with E-state index in [1.165, 1.54) is 6.07 Å². The van der Waals surface area contributed by atoms with Gasteiger partial charge < -0.3 is 10.2 Å². The van der Waals surface area contributed by atoms with E-state index < -0.39 is 22.5 Å². The summed E-state index contributed by atoms with van der Waals surface area (Å²) in [4.78, 5) is 27.0. The van der Waals surface area contributed by atoms with E-state index in [4.69, 9.17) is 11.6 Å². The molecule has 7 nitrogen and oxygen atoms in total. The molecule has 156 valence electrons. The summed E-state index contributed by atoms with van der Waals surface area (Å²) >= 11 is 6.11. The van der Waals surface area contributed by atoms with Crippen LogP contribution in [0.15, 0.2) is 48.5 Å². The predicted molar refractivity (Wildman–Crippen MR) is 116 cm³/mol. The summed E-state index contributed by atoms with van der Waals surface area (Å²) in [6.07, 6.45) is 1.00. The monoisotopic (exact) mass is 437 g/mol. The van der Waals surface area contributed by atoms with Crippen molar-refractivity contribution < 1.29 is 18.0 Å². The lowest BCUT2D eigenvalue weighted by atomic mass is 10.1. The molecular formula is C20H24ClN3O4S. The lowest BCUT2D eigenvalue weighted by molar-refractivity contribution is -0.114. The molecule has 0 saturated heterocycles. The zero-order valence-corrected chi connectivity index (χ0v) is 18.1. The number of nitrogens with zero attached hydrogens (tertiary/aromatic N) is 2. The standard InChI is InChI=1S/C20H24ClN3O4S/c1-4-23(5-2)20(26)15-10-6-8-12-17(15)22-19(25)14-24(29(3,27)28)18-13-9-7-11-16(18)21/h6-13H,4-5,14H2,1-3H3,(H,22,25). The second-order valence-corrected chi connectivity index (χ2v) is 8.61. The van der Waals surface area contributed by atoms with Crippen molar-refractivity contribution in [2.45, 2.75) is 13.8 Å². The summed E-state index contributed by atoms with van der Waals surface area (Å²) in [5, 5.41) is 2.86. The van der Waals surface area contributed by atoms with Crippen molar-refractivity contribution in [1.29, 1.82) is 0 Å². The molecule has 0 aliphatic heterocycles. The third-order valence-electron chi connectivity index (χ3n) is 4.29. The van der Waals surface area contributed by atoms with Gasteiger partial charge in [-0.05, 0) is 38.1 Å². The van der Waals surface area contributed by atoms with Crippen LogP contribution in [0.5, 0.6) is 0 Å². The molecule has 0 fully saturated rings. The van der Waals surface area contributed by atoms with Crippen LogP contribution in [0.4, 0.5) is 11.4 Å². The molecule has 2 rings (SSSR count). The average molecular weight is 438 g/mol. The Bertz CT molecular complexity index is 991. The predicted octanol–water partition coefficient (Wildman–Crippen LogP) is 3.23. The quantitative estimate of drug-likeness (QED) is 0.686. The Morgan fingerprint density at radius 1 is 1.00 bits per heavy atom.